The maximum atomic E-state index is 12.8. The van der Waals surface area contributed by atoms with E-state index in [1.165, 1.54) is 17.7 Å². The highest BCUT2D eigenvalue weighted by molar-refractivity contribution is 5.89. The molecule has 0 bridgehead atoms. The Bertz CT molecular complexity index is 1250. The minimum atomic E-state index is -4.42. The first-order valence-electron chi connectivity index (χ1n) is 11.4. The number of aromatic amines is 1. The summed E-state index contributed by atoms with van der Waals surface area (Å²) in [7, 11) is 0. The highest BCUT2D eigenvalue weighted by Crippen LogP contribution is 2.39. The van der Waals surface area contributed by atoms with Crippen molar-refractivity contribution in [1.29, 1.82) is 0 Å². The summed E-state index contributed by atoms with van der Waals surface area (Å²) in [6, 6.07) is 11.6. The summed E-state index contributed by atoms with van der Waals surface area (Å²) in [6.45, 7) is 0. The lowest BCUT2D eigenvalue weighted by Gasteiger charge is -2.41. The van der Waals surface area contributed by atoms with Crippen LogP contribution in [0.15, 0.2) is 72.7 Å². The van der Waals surface area contributed by atoms with Crippen LogP contribution in [0.5, 0.6) is 0 Å². The number of carbonyl (C=O) groups excluding carboxylic acids is 1. The van der Waals surface area contributed by atoms with E-state index in [0.717, 1.165) is 41.9 Å². The van der Waals surface area contributed by atoms with Gasteiger partial charge in [0.1, 0.15) is 0 Å². The first-order valence-corrected chi connectivity index (χ1v) is 11.4. The van der Waals surface area contributed by atoms with Gasteiger partial charge in [0.15, 0.2) is 0 Å². The topological polar surface area (TPSA) is 81.8 Å². The number of carbonyl (C=O) groups is 1. The molecule has 2 aromatic carbocycles. The Morgan fingerprint density at radius 2 is 1.89 bits per heavy atom. The maximum Gasteiger partial charge on any atom is 0.416 e. The fraction of sp³-hybridized carbons (Fsp3) is 0.231. The van der Waals surface area contributed by atoms with E-state index in [2.05, 4.69) is 44.1 Å². The molecular weight excluding hydrogens is 455 g/mol. The second-order valence-electron chi connectivity index (χ2n) is 8.68. The van der Waals surface area contributed by atoms with E-state index >= 15 is 0 Å². The molecule has 2 aliphatic rings. The van der Waals surface area contributed by atoms with Crippen molar-refractivity contribution in [3.05, 3.63) is 89.5 Å². The van der Waals surface area contributed by atoms with E-state index in [0.29, 0.717) is 5.69 Å². The van der Waals surface area contributed by atoms with Crippen LogP contribution in [0, 0.1) is 5.92 Å². The number of para-hydroxylation sites is 1. The minimum absolute atomic E-state index is 0.117. The Labute approximate surface area is 200 Å². The fourth-order valence-corrected chi connectivity index (χ4v) is 4.66. The number of nitrogens with zero attached hydrogens (tertiary/aromatic N) is 1. The molecule has 4 N–H and O–H groups in total. The Morgan fingerprint density at radius 3 is 2.63 bits per heavy atom. The Balaban J connectivity index is 1.32. The molecular formula is C26H24F3N5O. The molecule has 1 aliphatic carbocycles. The number of rotatable bonds is 4. The molecule has 5 rings (SSSR count). The number of anilines is 2. The molecule has 2 heterocycles. The molecule has 1 saturated carbocycles. The van der Waals surface area contributed by atoms with Gasteiger partial charge in [0.25, 0.3) is 0 Å². The van der Waals surface area contributed by atoms with E-state index < -0.39 is 17.8 Å². The molecule has 180 valence electrons. The molecule has 3 aromatic rings. The molecule has 0 saturated heterocycles. The molecule has 1 fully saturated rings. The number of H-pyrrole nitrogens is 1. The van der Waals surface area contributed by atoms with Gasteiger partial charge in [-0.05, 0) is 60.4 Å². The minimum Gasteiger partial charge on any atom is -0.376 e. The van der Waals surface area contributed by atoms with Crippen LogP contribution in [-0.4, -0.2) is 28.1 Å². The maximum absolute atomic E-state index is 12.8. The SMILES string of the molecule is O=C(Nc1ccc(C(F)(F)F)cc1)NC1CCC(C=Cc2cnc[nH]2)C2=Cc3ccccc3NC21. The van der Waals surface area contributed by atoms with Crippen molar-refractivity contribution in [2.75, 3.05) is 10.6 Å². The molecule has 1 aromatic heterocycles. The lowest BCUT2D eigenvalue weighted by atomic mass is 9.75. The predicted molar refractivity (Wildman–Crippen MR) is 130 cm³/mol. The normalized spacial score (nSPS) is 21.5. The van der Waals surface area contributed by atoms with Gasteiger partial charge in [-0.3, -0.25) is 0 Å². The van der Waals surface area contributed by atoms with E-state index in [4.69, 9.17) is 0 Å². The van der Waals surface area contributed by atoms with Crippen LogP contribution in [0.1, 0.15) is 29.7 Å². The first-order chi connectivity index (χ1) is 16.9. The number of fused-ring (bicyclic) bond motifs is 2. The van der Waals surface area contributed by atoms with Crippen LogP contribution in [0.3, 0.4) is 0 Å². The number of hydrogen-bond acceptors (Lipinski definition) is 3. The Hall–Kier alpha value is -4.01. The monoisotopic (exact) mass is 479 g/mol. The second kappa shape index (κ2) is 9.32. The van der Waals surface area contributed by atoms with Crippen molar-refractivity contribution in [2.24, 2.45) is 5.92 Å². The second-order valence-corrected chi connectivity index (χ2v) is 8.68. The van der Waals surface area contributed by atoms with Crippen molar-refractivity contribution in [2.45, 2.75) is 31.1 Å². The van der Waals surface area contributed by atoms with Gasteiger partial charge in [0.05, 0.1) is 35.9 Å². The van der Waals surface area contributed by atoms with Crippen molar-refractivity contribution in [3.8, 4) is 0 Å². The smallest absolute Gasteiger partial charge is 0.376 e. The summed E-state index contributed by atoms with van der Waals surface area (Å²) < 4.78 is 38.4. The van der Waals surface area contributed by atoms with Gasteiger partial charge in [-0.2, -0.15) is 13.2 Å². The van der Waals surface area contributed by atoms with E-state index in [1.807, 2.05) is 24.3 Å². The van der Waals surface area contributed by atoms with Gasteiger partial charge in [-0.1, -0.05) is 30.4 Å². The summed E-state index contributed by atoms with van der Waals surface area (Å²) in [5.41, 5.74) is 3.71. The molecule has 0 spiro atoms. The zero-order chi connectivity index (χ0) is 24.4. The summed E-state index contributed by atoms with van der Waals surface area (Å²) in [5, 5.41) is 9.24. The van der Waals surface area contributed by atoms with Crippen LogP contribution < -0.4 is 16.0 Å². The van der Waals surface area contributed by atoms with Gasteiger partial charge < -0.3 is 20.9 Å². The Morgan fingerprint density at radius 1 is 1.09 bits per heavy atom. The zero-order valence-corrected chi connectivity index (χ0v) is 18.6. The number of amides is 2. The zero-order valence-electron chi connectivity index (χ0n) is 18.6. The van der Waals surface area contributed by atoms with E-state index in [9.17, 15) is 18.0 Å². The van der Waals surface area contributed by atoms with Gasteiger partial charge in [0, 0.05) is 17.3 Å². The van der Waals surface area contributed by atoms with Gasteiger partial charge in [-0.15, -0.1) is 0 Å². The number of urea groups is 1. The summed E-state index contributed by atoms with van der Waals surface area (Å²) >= 11 is 0. The lowest BCUT2D eigenvalue weighted by Crippen LogP contribution is -2.53. The highest BCUT2D eigenvalue weighted by Gasteiger charge is 2.37. The number of halogens is 3. The fourth-order valence-electron chi connectivity index (χ4n) is 4.66. The molecule has 9 heteroatoms. The first kappa shape index (κ1) is 22.8. The summed E-state index contributed by atoms with van der Waals surface area (Å²) in [6.07, 6.45) is 6.89. The van der Waals surface area contributed by atoms with Gasteiger partial charge in [-0.25, -0.2) is 9.78 Å². The van der Waals surface area contributed by atoms with Gasteiger partial charge in [0.2, 0.25) is 0 Å². The third-order valence-corrected chi connectivity index (χ3v) is 6.39. The van der Waals surface area contributed by atoms with E-state index in [-0.39, 0.29) is 18.0 Å². The number of alkyl halides is 3. The Kier molecular flexibility index (Phi) is 6.07. The third-order valence-electron chi connectivity index (χ3n) is 6.39. The highest BCUT2D eigenvalue weighted by atomic mass is 19.4. The third kappa shape index (κ3) is 5.08. The van der Waals surface area contributed by atoms with Crippen molar-refractivity contribution >= 4 is 29.6 Å². The molecule has 35 heavy (non-hydrogen) atoms. The number of allylic oxidation sites excluding steroid dienone is 1. The number of aromatic nitrogens is 2. The van der Waals surface area contributed by atoms with Gasteiger partial charge >= 0.3 is 12.2 Å². The molecule has 2 amide bonds. The number of imidazole rings is 1. The number of nitrogens with one attached hydrogen (secondary N) is 4. The standard InChI is InChI=1S/C26H24F3N5O/c27-26(28,29)18-7-10-19(11-8-18)32-25(35)34-23-12-6-16(5-9-20-14-30-15-31-20)21-13-17-3-1-2-4-22(17)33-24(21)23/h1-5,7-11,13-16,23-24,33H,6,12H2,(H,30,31)(H2,32,34,35). The lowest BCUT2D eigenvalue weighted by molar-refractivity contribution is -0.137. The number of hydrogen-bond donors (Lipinski definition) is 4. The van der Waals surface area contributed by atoms with Crippen molar-refractivity contribution in [3.63, 3.8) is 0 Å². The quantitative estimate of drug-likeness (QED) is 0.375. The van der Waals surface area contributed by atoms with Crippen LogP contribution in [0.2, 0.25) is 0 Å². The van der Waals surface area contributed by atoms with E-state index in [1.54, 1.807) is 12.5 Å². The van der Waals surface area contributed by atoms with Crippen LogP contribution in [-0.2, 0) is 6.18 Å². The van der Waals surface area contributed by atoms with Crippen LogP contribution in [0.4, 0.5) is 29.3 Å². The summed E-state index contributed by atoms with van der Waals surface area (Å²) in [4.78, 5) is 19.9. The molecule has 3 atom stereocenters. The van der Waals surface area contributed by atoms with Crippen molar-refractivity contribution in [1.82, 2.24) is 15.3 Å². The molecule has 0 radical (unpaired) electrons. The molecule has 3 unspecified atom stereocenters. The van der Waals surface area contributed by atoms with Crippen molar-refractivity contribution < 1.29 is 18.0 Å². The average molecular weight is 480 g/mol. The molecule has 6 nitrogen and oxygen atoms in total. The van der Waals surface area contributed by atoms with Crippen LogP contribution in [0.25, 0.3) is 12.2 Å². The largest absolute Gasteiger partial charge is 0.416 e. The average Bonchev–Trinajstić information content (AvgIpc) is 3.36. The summed E-state index contributed by atoms with van der Waals surface area (Å²) in [5.74, 6) is 0.181. The number of benzene rings is 2. The van der Waals surface area contributed by atoms with Crippen LogP contribution >= 0.6 is 0 Å². The molecule has 1 aliphatic heterocycles. The predicted octanol–water partition coefficient (Wildman–Crippen LogP) is 5.92.